The highest BCUT2D eigenvalue weighted by atomic mass is 16.5. The maximum Gasteiger partial charge on any atom is 0.227 e. The Morgan fingerprint density at radius 3 is 2.38 bits per heavy atom. The predicted octanol–water partition coefficient (Wildman–Crippen LogP) is 3.32. The molecule has 3 rings (SSSR count). The molecule has 0 bridgehead atoms. The molecule has 3 aromatic rings. The Bertz CT molecular complexity index is 790. The molecule has 0 spiro atoms. The Hall–Kier alpha value is -2.82. The zero-order valence-electron chi connectivity index (χ0n) is 11.6. The number of aromatic nitrogens is 1. The average Bonchev–Trinajstić information content (AvgIpc) is 2.97. The van der Waals surface area contributed by atoms with Gasteiger partial charge in [0.25, 0.3) is 0 Å². The van der Waals surface area contributed by atoms with Crippen molar-refractivity contribution in [3.63, 3.8) is 0 Å². The van der Waals surface area contributed by atoms with Crippen molar-refractivity contribution in [3.05, 3.63) is 42.0 Å². The molecule has 0 saturated carbocycles. The normalized spacial score (nSPS) is 10.6. The number of aldehydes is 1. The smallest absolute Gasteiger partial charge is 0.227 e. The van der Waals surface area contributed by atoms with Crippen LogP contribution in [0.3, 0.4) is 0 Å². The van der Waals surface area contributed by atoms with Gasteiger partial charge in [0.05, 0.1) is 19.8 Å². The van der Waals surface area contributed by atoms with E-state index >= 15 is 0 Å². The first kappa shape index (κ1) is 13.2. The zero-order chi connectivity index (χ0) is 14.8. The lowest BCUT2D eigenvalue weighted by Crippen LogP contribution is -1.86. The van der Waals surface area contributed by atoms with Crippen LogP contribution in [-0.2, 0) is 0 Å². The minimum Gasteiger partial charge on any atom is -0.497 e. The molecular formula is C16H13NO4. The molecule has 0 N–H and O–H groups in total. The van der Waals surface area contributed by atoms with E-state index in [2.05, 4.69) is 4.98 Å². The summed E-state index contributed by atoms with van der Waals surface area (Å²) in [6.07, 6.45) is 0.730. The minimum atomic E-state index is 0.414. The number of oxazole rings is 1. The quantitative estimate of drug-likeness (QED) is 0.687. The van der Waals surface area contributed by atoms with Gasteiger partial charge in [-0.2, -0.15) is 0 Å². The summed E-state index contributed by atoms with van der Waals surface area (Å²) in [6.45, 7) is 0. The first-order valence-corrected chi connectivity index (χ1v) is 6.33. The lowest BCUT2D eigenvalue weighted by atomic mass is 10.2. The van der Waals surface area contributed by atoms with E-state index in [-0.39, 0.29) is 0 Å². The van der Waals surface area contributed by atoms with E-state index in [1.165, 1.54) is 0 Å². The second-order valence-electron chi connectivity index (χ2n) is 4.43. The van der Waals surface area contributed by atoms with E-state index in [0.717, 1.165) is 17.6 Å². The number of methoxy groups -OCH3 is 2. The number of rotatable bonds is 4. The zero-order valence-corrected chi connectivity index (χ0v) is 11.6. The molecule has 5 heteroatoms. The van der Waals surface area contributed by atoms with E-state index in [4.69, 9.17) is 13.9 Å². The van der Waals surface area contributed by atoms with Crippen LogP contribution in [0.2, 0.25) is 0 Å². The largest absolute Gasteiger partial charge is 0.497 e. The number of hydrogen-bond donors (Lipinski definition) is 0. The van der Waals surface area contributed by atoms with E-state index < -0.39 is 0 Å². The van der Waals surface area contributed by atoms with E-state index in [1.54, 1.807) is 26.4 Å². The van der Waals surface area contributed by atoms with E-state index in [9.17, 15) is 4.79 Å². The molecule has 0 amide bonds. The van der Waals surface area contributed by atoms with Gasteiger partial charge in [0.15, 0.2) is 11.9 Å². The number of nitrogens with zero attached hydrogens (tertiary/aromatic N) is 1. The van der Waals surface area contributed by atoms with Crippen LogP contribution in [0.25, 0.3) is 22.6 Å². The third-order valence-corrected chi connectivity index (χ3v) is 3.19. The molecule has 0 fully saturated rings. The molecule has 2 aromatic carbocycles. The number of hydrogen-bond acceptors (Lipinski definition) is 5. The van der Waals surface area contributed by atoms with Crippen LogP contribution in [0.5, 0.6) is 11.5 Å². The first-order chi connectivity index (χ1) is 10.2. The molecule has 106 valence electrons. The average molecular weight is 283 g/mol. The molecule has 0 saturated heterocycles. The van der Waals surface area contributed by atoms with Crippen molar-refractivity contribution in [2.75, 3.05) is 14.2 Å². The lowest BCUT2D eigenvalue weighted by molar-refractivity contribution is 0.112. The van der Waals surface area contributed by atoms with Crippen molar-refractivity contribution in [2.24, 2.45) is 0 Å². The molecule has 1 aromatic heterocycles. The Morgan fingerprint density at radius 1 is 1.05 bits per heavy atom. The summed E-state index contributed by atoms with van der Waals surface area (Å²) in [5.74, 6) is 1.77. The van der Waals surface area contributed by atoms with Crippen LogP contribution in [0, 0.1) is 0 Å². The van der Waals surface area contributed by atoms with Crippen molar-refractivity contribution >= 4 is 17.4 Å². The maximum atomic E-state index is 11.2. The fourth-order valence-electron chi connectivity index (χ4n) is 2.09. The highest BCUT2D eigenvalue weighted by molar-refractivity contribution is 5.94. The summed E-state index contributed by atoms with van der Waals surface area (Å²) < 4.78 is 16.0. The Balaban J connectivity index is 2.13. The summed E-state index contributed by atoms with van der Waals surface area (Å²) in [5, 5.41) is 0. The predicted molar refractivity (Wildman–Crippen MR) is 77.9 cm³/mol. The summed E-state index contributed by atoms with van der Waals surface area (Å²) in [4.78, 5) is 15.6. The molecule has 0 aliphatic rings. The lowest BCUT2D eigenvalue weighted by Gasteiger charge is -1.99. The van der Waals surface area contributed by atoms with Crippen LogP contribution in [0.4, 0.5) is 0 Å². The number of benzene rings is 2. The second-order valence-corrected chi connectivity index (χ2v) is 4.43. The number of fused-ring (bicyclic) bond motifs is 1. The molecule has 0 aliphatic carbocycles. The third-order valence-electron chi connectivity index (χ3n) is 3.19. The molecule has 0 atom stereocenters. The van der Waals surface area contributed by atoms with Gasteiger partial charge in [-0.15, -0.1) is 0 Å². The highest BCUT2D eigenvalue weighted by Gasteiger charge is 2.13. The third kappa shape index (κ3) is 2.33. The van der Waals surface area contributed by atoms with Gasteiger partial charge in [-0.25, -0.2) is 4.98 Å². The minimum absolute atomic E-state index is 0.414. The summed E-state index contributed by atoms with van der Waals surface area (Å²) >= 11 is 0. The maximum absolute atomic E-state index is 11.2. The standard InChI is InChI=1S/C16H13NO4/c1-19-12-5-3-10(4-6-12)16-17-14-8-13(20-2)7-11(9-18)15(14)21-16/h3-9H,1-2H3. The fourth-order valence-corrected chi connectivity index (χ4v) is 2.09. The van der Waals surface area contributed by atoms with Gasteiger partial charge in [0.1, 0.15) is 17.0 Å². The van der Waals surface area contributed by atoms with E-state index in [0.29, 0.717) is 28.3 Å². The van der Waals surface area contributed by atoms with Gasteiger partial charge < -0.3 is 13.9 Å². The monoisotopic (exact) mass is 283 g/mol. The topological polar surface area (TPSA) is 61.6 Å². The Labute approximate surface area is 121 Å². The second kappa shape index (κ2) is 5.28. The van der Waals surface area contributed by atoms with Crippen LogP contribution in [0.1, 0.15) is 10.4 Å². The molecule has 0 unspecified atom stereocenters. The molecule has 1 heterocycles. The van der Waals surface area contributed by atoms with Gasteiger partial charge in [-0.1, -0.05) is 0 Å². The van der Waals surface area contributed by atoms with E-state index in [1.807, 2.05) is 24.3 Å². The molecular weight excluding hydrogens is 270 g/mol. The Morgan fingerprint density at radius 2 is 1.76 bits per heavy atom. The summed E-state index contributed by atoms with van der Waals surface area (Å²) in [6, 6.07) is 10.7. The molecule has 5 nitrogen and oxygen atoms in total. The summed E-state index contributed by atoms with van der Waals surface area (Å²) in [5.41, 5.74) is 2.26. The van der Waals surface area contributed by atoms with Crippen LogP contribution < -0.4 is 9.47 Å². The fraction of sp³-hybridized carbons (Fsp3) is 0.125. The van der Waals surface area contributed by atoms with Crippen LogP contribution in [-0.4, -0.2) is 25.5 Å². The van der Waals surface area contributed by atoms with Gasteiger partial charge in [0, 0.05) is 11.6 Å². The van der Waals surface area contributed by atoms with Crippen molar-refractivity contribution in [2.45, 2.75) is 0 Å². The van der Waals surface area contributed by atoms with Crippen molar-refractivity contribution < 1.29 is 18.7 Å². The van der Waals surface area contributed by atoms with Crippen molar-refractivity contribution in [3.8, 4) is 23.0 Å². The van der Waals surface area contributed by atoms with Crippen LogP contribution in [0.15, 0.2) is 40.8 Å². The van der Waals surface area contributed by atoms with Gasteiger partial charge in [0.2, 0.25) is 5.89 Å². The number of carbonyl (C=O) groups is 1. The van der Waals surface area contributed by atoms with Gasteiger partial charge >= 0.3 is 0 Å². The Kier molecular flexibility index (Phi) is 3.31. The first-order valence-electron chi connectivity index (χ1n) is 6.33. The van der Waals surface area contributed by atoms with Gasteiger partial charge in [-0.05, 0) is 30.3 Å². The number of ether oxygens (including phenoxy) is 2. The van der Waals surface area contributed by atoms with Crippen LogP contribution >= 0.6 is 0 Å². The highest BCUT2D eigenvalue weighted by Crippen LogP contribution is 2.30. The number of carbonyl (C=O) groups excluding carboxylic acids is 1. The van der Waals surface area contributed by atoms with Crippen molar-refractivity contribution in [1.29, 1.82) is 0 Å². The SMILES string of the molecule is COc1ccc(-c2nc3cc(OC)cc(C=O)c3o2)cc1. The molecule has 21 heavy (non-hydrogen) atoms. The summed E-state index contributed by atoms with van der Waals surface area (Å²) in [7, 11) is 3.15. The van der Waals surface area contributed by atoms with Gasteiger partial charge in [-0.3, -0.25) is 4.79 Å². The van der Waals surface area contributed by atoms with Crippen molar-refractivity contribution in [1.82, 2.24) is 4.98 Å². The molecule has 0 radical (unpaired) electrons. The molecule has 0 aliphatic heterocycles.